The van der Waals surface area contributed by atoms with Gasteiger partial charge in [-0.1, -0.05) is 0 Å². The molecule has 0 N–H and O–H groups in total. The van der Waals surface area contributed by atoms with Crippen LogP contribution in [0.3, 0.4) is 0 Å². The van der Waals surface area contributed by atoms with Crippen molar-refractivity contribution in [3.63, 3.8) is 0 Å². The fourth-order valence-electron chi connectivity index (χ4n) is 3.40. The number of nitrogens with zero attached hydrogens (tertiary/aromatic N) is 5. The lowest BCUT2D eigenvalue weighted by Gasteiger charge is -2.47. The molecule has 2 saturated heterocycles. The number of likely N-dealkylation sites (tertiary alicyclic amines) is 1. The summed E-state index contributed by atoms with van der Waals surface area (Å²) in [5, 5.41) is 4.19. The van der Waals surface area contributed by atoms with Crippen LogP contribution >= 0.6 is 0 Å². The molecule has 3 heterocycles. The Kier molecular flexibility index (Phi) is 5.39. The number of carbonyl (C=O) groups excluding carboxylic acids is 2. The standard InChI is InChI=1S/C17H27N5O3/c1-19(2)15(23)12-20-8-4-17(5-9-20)14-21(16(24)13-25-17)10-11-22-7-3-6-18-22/h3,6-7H,4-5,8-14H2,1-2H3. The van der Waals surface area contributed by atoms with Gasteiger partial charge in [0, 0.05) is 52.7 Å². The van der Waals surface area contributed by atoms with Crippen molar-refractivity contribution < 1.29 is 14.3 Å². The van der Waals surface area contributed by atoms with E-state index in [1.807, 2.05) is 21.8 Å². The largest absolute Gasteiger partial charge is 0.363 e. The van der Waals surface area contributed by atoms with E-state index in [0.29, 0.717) is 26.2 Å². The highest BCUT2D eigenvalue weighted by molar-refractivity contribution is 5.78. The van der Waals surface area contributed by atoms with Crippen molar-refractivity contribution in [3.05, 3.63) is 18.5 Å². The van der Waals surface area contributed by atoms with E-state index in [1.54, 1.807) is 25.2 Å². The summed E-state index contributed by atoms with van der Waals surface area (Å²) in [6.07, 6.45) is 5.34. The topological polar surface area (TPSA) is 70.9 Å². The molecule has 2 fully saturated rings. The van der Waals surface area contributed by atoms with Gasteiger partial charge >= 0.3 is 0 Å². The summed E-state index contributed by atoms with van der Waals surface area (Å²) >= 11 is 0. The molecule has 0 aromatic carbocycles. The molecule has 0 bridgehead atoms. The van der Waals surface area contributed by atoms with Crippen LogP contribution < -0.4 is 0 Å². The van der Waals surface area contributed by atoms with Crippen LogP contribution in [0.2, 0.25) is 0 Å². The third kappa shape index (κ3) is 4.38. The molecule has 1 aromatic heterocycles. The van der Waals surface area contributed by atoms with Gasteiger partial charge in [0.25, 0.3) is 0 Å². The normalized spacial score (nSPS) is 20.9. The summed E-state index contributed by atoms with van der Waals surface area (Å²) in [5.74, 6) is 0.166. The summed E-state index contributed by atoms with van der Waals surface area (Å²) in [6.45, 7) is 4.21. The molecule has 0 atom stereocenters. The zero-order chi connectivity index (χ0) is 17.9. The number of amides is 2. The molecule has 0 saturated carbocycles. The number of hydrogen-bond donors (Lipinski definition) is 0. The van der Waals surface area contributed by atoms with Gasteiger partial charge in [-0.2, -0.15) is 5.10 Å². The lowest BCUT2D eigenvalue weighted by Crippen LogP contribution is -2.59. The first-order valence-electron chi connectivity index (χ1n) is 8.79. The molecule has 138 valence electrons. The van der Waals surface area contributed by atoms with E-state index in [2.05, 4.69) is 10.00 Å². The number of piperidine rings is 1. The van der Waals surface area contributed by atoms with Crippen molar-refractivity contribution in [2.75, 3.05) is 53.4 Å². The molecule has 1 spiro atoms. The predicted molar refractivity (Wildman–Crippen MR) is 91.9 cm³/mol. The lowest BCUT2D eigenvalue weighted by molar-refractivity contribution is -0.172. The van der Waals surface area contributed by atoms with E-state index in [0.717, 1.165) is 25.9 Å². The Labute approximate surface area is 148 Å². The van der Waals surface area contributed by atoms with Gasteiger partial charge in [0.2, 0.25) is 11.8 Å². The highest BCUT2D eigenvalue weighted by atomic mass is 16.5. The fourth-order valence-corrected chi connectivity index (χ4v) is 3.40. The third-order valence-corrected chi connectivity index (χ3v) is 5.12. The number of rotatable bonds is 5. The lowest BCUT2D eigenvalue weighted by atomic mass is 9.89. The second-order valence-corrected chi connectivity index (χ2v) is 7.12. The highest BCUT2D eigenvalue weighted by Gasteiger charge is 2.42. The van der Waals surface area contributed by atoms with Crippen LogP contribution in [0.1, 0.15) is 12.8 Å². The smallest absolute Gasteiger partial charge is 0.248 e. The molecule has 3 rings (SSSR count). The summed E-state index contributed by atoms with van der Waals surface area (Å²) in [4.78, 5) is 29.7. The molecule has 0 aliphatic carbocycles. The zero-order valence-electron chi connectivity index (χ0n) is 15.1. The zero-order valence-corrected chi connectivity index (χ0v) is 15.1. The number of aromatic nitrogens is 2. The highest BCUT2D eigenvalue weighted by Crippen LogP contribution is 2.30. The fraction of sp³-hybridized carbons (Fsp3) is 0.706. The molecule has 1 aromatic rings. The molecule has 25 heavy (non-hydrogen) atoms. The summed E-state index contributed by atoms with van der Waals surface area (Å²) in [6, 6.07) is 1.88. The summed E-state index contributed by atoms with van der Waals surface area (Å²) in [7, 11) is 3.56. The van der Waals surface area contributed by atoms with E-state index in [-0.39, 0.29) is 24.0 Å². The third-order valence-electron chi connectivity index (χ3n) is 5.12. The van der Waals surface area contributed by atoms with E-state index in [1.165, 1.54) is 0 Å². The van der Waals surface area contributed by atoms with Gasteiger partial charge in [-0.3, -0.25) is 19.2 Å². The van der Waals surface area contributed by atoms with Crippen LogP contribution in [-0.2, 0) is 20.9 Å². The monoisotopic (exact) mass is 349 g/mol. The maximum atomic E-state index is 12.2. The summed E-state index contributed by atoms with van der Waals surface area (Å²) < 4.78 is 7.79. The minimum Gasteiger partial charge on any atom is -0.363 e. The van der Waals surface area contributed by atoms with Gasteiger partial charge in [-0.05, 0) is 18.9 Å². The van der Waals surface area contributed by atoms with Gasteiger partial charge in [0.05, 0.1) is 18.7 Å². The molecule has 2 aliphatic heterocycles. The van der Waals surface area contributed by atoms with Crippen molar-refractivity contribution in [2.45, 2.75) is 25.0 Å². The molecule has 8 nitrogen and oxygen atoms in total. The minimum absolute atomic E-state index is 0.0444. The molecule has 2 amide bonds. The van der Waals surface area contributed by atoms with E-state index >= 15 is 0 Å². The van der Waals surface area contributed by atoms with Crippen molar-refractivity contribution in [1.29, 1.82) is 0 Å². The van der Waals surface area contributed by atoms with Crippen LogP contribution in [0.4, 0.5) is 0 Å². The van der Waals surface area contributed by atoms with Gasteiger partial charge in [-0.15, -0.1) is 0 Å². The van der Waals surface area contributed by atoms with Gasteiger partial charge < -0.3 is 14.5 Å². The maximum Gasteiger partial charge on any atom is 0.248 e. The summed E-state index contributed by atoms with van der Waals surface area (Å²) in [5.41, 5.74) is -0.268. The Morgan fingerprint density at radius 2 is 2.08 bits per heavy atom. The maximum absolute atomic E-state index is 12.2. The first-order chi connectivity index (χ1) is 12.0. The number of morpholine rings is 1. The SMILES string of the molecule is CN(C)C(=O)CN1CCC2(CC1)CN(CCn1cccn1)C(=O)CO2. The van der Waals surface area contributed by atoms with Crippen LogP contribution in [0.25, 0.3) is 0 Å². The average Bonchev–Trinajstić information content (AvgIpc) is 3.11. The number of ether oxygens (including phenoxy) is 1. The Bertz CT molecular complexity index is 593. The van der Waals surface area contributed by atoms with Gasteiger partial charge in [0.1, 0.15) is 6.61 Å². The van der Waals surface area contributed by atoms with Crippen LogP contribution in [0.5, 0.6) is 0 Å². The van der Waals surface area contributed by atoms with Crippen molar-refractivity contribution in [1.82, 2.24) is 24.5 Å². The predicted octanol–water partition coefficient (Wildman–Crippen LogP) is -0.335. The van der Waals surface area contributed by atoms with E-state index in [4.69, 9.17) is 4.74 Å². The number of hydrogen-bond acceptors (Lipinski definition) is 5. The Balaban J connectivity index is 1.52. The van der Waals surface area contributed by atoms with Crippen LogP contribution in [0, 0.1) is 0 Å². The number of carbonyl (C=O) groups is 2. The molecule has 2 aliphatic rings. The van der Waals surface area contributed by atoms with Gasteiger partial charge in [-0.25, -0.2) is 0 Å². The second-order valence-electron chi connectivity index (χ2n) is 7.12. The molecule has 0 unspecified atom stereocenters. The molecular formula is C17H27N5O3. The Morgan fingerprint density at radius 1 is 1.32 bits per heavy atom. The molecule has 8 heteroatoms. The van der Waals surface area contributed by atoms with Gasteiger partial charge in [0.15, 0.2) is 0 Å². The molecule has 0 radical (unpaired) electrons. The van der Waals surface area contributed by atoms with Crippen LogP contribution in [-0.4, -0.2) is 95.3 Å². The number of likely N-dealkylation sites (N-methyl/N-ethyl adjacent to an activating group) is 1. The van der Waals surface area contributed by atoms with Crippen molar-refractivity contribution in [3.8, 4) is 0 Å². The second kappa shape index (κ2) is 7.53. The van der Waals surface area contributed by atoms with E-state index in [9.17, 15) is 9.59 Å². The minimum atomic E-state index is -0.268. The quantitative estimate of drug-likeness (QED) is 0.728. The van der Waals surface area contributed by atoms with Crippen molar-refractivity contribution >= 4 is 11.8 Å². The van der Waals surface area contributed by atoms with Crippen molar-refractivity contribution in [2.24, 2.45) is 0 Å². The van der Waals surface area contributed by atoms with Crippen LogP contribution in [0.15, 0.2) is 18.5 Å². The molecular weight excluding hydrogens is 322 g/mol. The Morgan fingerprint density at radius 3 is 2.72 bits per heavy atom. The van der Waals surface area contributed by atoms with E-state index < -0.39 is 0 Å². The first-order valence-corrected chi connectivity index (χ1v) is 8.79. The first kappa shape index (κ1) is 17.9. The Hall–Kier alpha value is -1.93. The average molecular weight is 349 g/mol.